The first-order valence-corrected chi connectivity index (χ1v) is 8.54. The number of hydrogen-bond donors (Lipinski definition) is 2. The fourth-order valence-electron chi connectivity index (χ4n) is 3.04. The van der Waals surface area contributed by atoms with Crippen molar-refractivity contribution < 1.29 is 28.6 Å². The summed E-state index contributed by atoms with van der Waals surface area (Å²) in [5, 5.41) is 2.61. The number of fused-ring (bicyclic) bond motifs is 1. The average Bonchev–Trinajstić information content (AvgIpc) is 3.18. The number of likely N-dealkylation sites (N-methyl/N-ethyl adjacent to an activating group) is 1. The van der Waals surface area contributed by atoms with Crippen LogP contribution in [0.3, 0.4) is 0 Å². The van der Waals surface area contributed by atoms with Crippen LogP contribution in [0, 0.1) is 0 Å². The average molecular weight is 392 g/mol. The number of amides is 1. The lowest BCUT2D eigenvalue weighted by Crippen LogP contribution is -2.45. The number of hydrogen-bond acceptors (Lipinski definition) is 10. The van der Waals surface area contributed by atoms with Crippen molar-refractivity contribution in [1.29, 1.82) is 0 Å². The number of nitrogens with two attached hydrogens (primary N) is 1. The first-order valence-electron chi connectivity index (χ1n) is 8.54. The Kier molecular flexibility index (Phi) is 5.40. The van der Waals surface area contributed by atoms with Crippen LogP contribution < -0.4 is 11.1 Å². The van der Waals surface area contributed by atoms with E-state index in [1.807, 2.05) is 0 Å². The van der Waals surface area contributed by atoms with E-state index >= 15 is 0 Å². The summed E-state index contributed by atoms with van der Waals surface area (Å²) in [7, 11) is 0. The summed E-state index contributed by atoms with van der Waals surface area (Å²) in [6.45, 7) is 4.46. The molecule has 2 aromatic heterocycles. The van der Waals surface area contributed by atoms with Crippen LogP contribution >= 0.6 is 0 Å². The van der Waals surface area contributed by atoms with Crippen LogP contribution in [-0.2, 0) is 28.6 Å². The summed E-state index contributed by atoms with van der Waals surface area (Å²) >= 11 is 0. The Hall–Kier alpha value is -3.28. The first kappa shape index (κ1) is 19.5. The molecule has 1 amide bonds. The number of nitrogen functional groups attached to an aromatic ring is 1. The lowest BCUT2D eigenvalue weighted by Gasteiger charge is -2.23. The van der Waals surface area contributed by atoms with Gasteiger partial charge < -0.3 is 25.3 Å². The van der Waals surface area contributed by atoms with Crippen molar-refractivity contribution in [3.8, 4) is 0 Å². The highest BCUT2D eigenvalue weighted by atomic mass is 16.6. The Bertz CT molecular complexity index is 914. The summed E-state index contributed by atoms with van der Waals surface area (Å²) in [4.78, 5) is 47.9. The number of nitrogens with zero attached hydrogens (tertiary/aromatic N) is 4. The maximum atomic E-state index is 12.5. The van der Waals surface area contributed by atoms with Crippen molar-refractivity contribution in [2.24, 2.45) is 0 Å². The molecule has 0 spiro atoms. The molecule has 0 aromatic carbocycles. The fourth-order valence-corrected chi connectivity index (χ4v) is 3.04. The predicted molar refractivity (Wildman–Crippen MR) is 93.4 cm³/mol. The first-order chi connectivity index (χ1) is 13.3. The van der Waals surface area contributed by atoms with E-state index in [1.165, 1.54) is 31.1 Å². The summed E-state index contributed by atoms with van der Waals surface area (Å²) in [5.41, 5.74) is 6.44. The highest BCUT2D eigenvalue weighted by Crippen LogP contribution is 2.36. The third-order valence-electron chi connectivity index (χ3n) is 4.06. The van der Waals surface area contributed by atoms with Gasteiger partial charge in [0.15, 0.2) is 36.0 Å². The van der Waals surface area contributed by atoms with Gasteiger partial charge in [0, 0.05) is 20.4 Å². The van der Waals surface area contributed by atoms with Gasteiger partial charge >= 0.3 is 11.9 Å². The molecule has 1 aliphatic rings. The molecule has 28 heavy (non-hydrogen) atoms. The van der Waals surface area contributed by atoms with Gasteiger partial charge in [0.05, 0.1) is 6.33 Å². The number of rotatable bonds is 5. The van der Waals surface area contributed by atoms with Crippen molar-refractivity contribution in [3.05, 3.63) is 12.7 Å². The summed E-state index contributed by atoms with van der Waals surface area (Å²) in [5.74, 6) is -1.64. The molecular formula is C16H20N6O6. The van der Waals surface area contributed by atoms with Crippen LogP contribution in [0.25, 0.3) is 11.2 Å². The van der Waals surface area contributed by atoms with Gasteiger partial charge in [-0.3, -0.25) is 19.0 Å². The largest absolute Gasteiger partial charge is 0.455 e. The van der Waals surface area contributed by atoms with Gasteiger partial charge in [-0.25, -0.2) is 15.0 Å². The molecule has 3 rings (SSSR count). The summed E-state index contributed by atoms with van der Waals surface area (Å²) < 4.78 is 17.9. The van der Waals surface area contributed by atoms with E-state index in [0.717, 1.165) is 0 Å². The number of anilines is 1. The molecule has 1 fully saturated rings. The highest BCUT2D eigenvalue weighted by Gasteiger charge is 2.53. The number of nitrogens with one attached hydrogen (secondary N) is 1. The second-order valence-electron chi connectivity index (χ2n) is 6.07. The number of carbonyl (C=O) groups is 3. The molecular weight excluding hydrogens is 372 g/mol. The van der Waals surface area contributed by atoms with E-state index in [0.29, 0.717) is 17.7 Å². The Labute approximate surface area is 159 Å². The second kappa shape index (κ2) is 7.76. The molecule has 150 valence electrons. The Balaban J connectivity index is 2.06. The lowest BCUT2D eigenvalue weighted by molar-refractivity contribution is -0.166. The normalized spacial score (nSPS) is 24.1. The van der Waals surface area contributed by atoms with E-state index in [9.17, 15) is 14.4 Å². The number of ether oxygens (including phenoxy) is 3. The van der Waals surface area contributed by atoms with Gasteiger partial charge in [0.2, 0.25) is 0 Å². The molecule has 12 heteroatoms. The van der Waals surface area contributed by atoms with E-state index in [4.69, 9.17) is 19.9 Å². The molecule has 4 atom stereocenters. The van der Waals surface area contributed by atoms with Gasteiger partial charge in [-0.2, -0.15) is 0 Å². The third-order valence-corrected chi connectivity index (χ3v) is 4.06. The number of aromatic nitrogens is 4. The minimum atomic E-state index is -1.20. The minimum absolute atomic E-state index is 0.155. The van der Waals surface area contributed by atoms with E-state index in [-0.39, 0.29) is 5.82 Å². The number of carbonyl (C=O) groups excluding carboxylic acids is 3. The van der Waals surface area contributed by atoms with Crippen LogP contribution in [0.2, 0.25) is 0 Å². The second-order valence-corrected chi connectivity index (χ2v) is 6.07. The quantitative estimate of drug-likeness (QED) is 0.623. The number of imidazole rings is 1. The Morgan fingerprint density at radius 2 is 1.86 bits per heavy atom. The van der Waals surface area contributed by atoms with E-state index in [2.05, 4.69) is 20.3 Å². The van der Waals surface area contributed by atoms with Crippen molar-refractivity contribution >= 4 is 34.8 Å². The Morgan fingerprint density at radius 3 is 2.50 bits per heavy atom. The highest BCUT2D eigenvalue weighted by molar-refractivity contribution is 5.83. The molecule has 0 bridgehead atoms. The molecule has 0 radical (unpaired) electrons. The predicted octanol–water partition coefficient (Wildman–Crippen LogP) is -0.695. The van der Waals surface area contributed by atoms with Crippen molar-refractivity contribution in [3.63, 3.8) is 0 Å². The van der Waals surface area contributed by atoms with Gasteiger partial charge in [-0.15, -0.1) is 0 Å². The number of esters is 2. The van der Waals surface area contributed by atoms with Crippen molar-refractivity contribution in [1.82, 2.24) is 24.8 Å². The Morgan fingerprint density at radius 1 is 1.18 bits per heavy atom. The minimum Gasteiger partial charge on any atom is -0.455 e. The zero-order chi connectivity index (χ0) is 20.4. The van der Waals surface area contributed by atoms with E-state index < -0.39 is 42.4 Å². The van der Waals surface area contributed by atoms with Gasteiger partial charge in [0.1, 0.15) is 11.8 Å². The zero-order valence-electron chi connectivity index (χ0n) is 15.5. The third kappa shape index (κ3) is 3.58. The van der Waals surface area contributed by atoms with Crippen molar-refractivity contribution in [2.75, 3.05) is 12.3 Å². The molecule has 0 unspecified atom stereocenters. The molecule has 1 saturated heterocycles. The van der Waals surface area contributed by atoms with Gasteiger partial charge in [-0.05, 0) is 6.92 Å². The van der Waals surface area contributed by atoms with Crippen LogP contribution in [0.5, 0.6) is 0 Å². The maximum Gasteiger partial charge on any atom is 0.303 e. The molecule has 12 nitrogen and oxygen atoms in total. The van der Waals surface area contributed by atoms with E-state index in [1.54, 1.807) is 6.92 Å². The summed E-state index contributed by atoms with van der Waals surface area (Å²) in [6.07, 6.45) is -1.87. The molecule has 0 saturated carbocycles. The lowest BCUT2D eigenvalue weighted by atomic mass is 10.1. The van der Waals surface area contributed by atoms with Crippen LogP contribution in [-0.4, -0.2) is 62.2 Å². The molecule has 3 N–H and O–H groups in total. The molecule has 3 heterocycles. The smallest absolute Gasteiger partial charge is 0.303 e. The fraction of sp³-hybridized carbons (Fsp3) is 0.500. The molecule has 1 aliphatic heterocycles. The van der Waals surface area contributed by atoms with Gasteiger partial charge in [-0.1, -0.05) is 0 Å². The standard InChI is InChI=1S/C16H20N6O6/c1-4-18-15(25)11-10(26-7(2)23)12(27-8(3)24)16(28-11)22-6-21-9-13(17)19-5-20-14(9)22/h5-6,10-12,16H,4H2,1-3H3,(H,18,25)(H2,17,19,20)/t10-,11+,12-,16-/m1/s1. The maximum absolute atomic E-state index is 12.5. The van der Waals surface area contributed by atoms with Crippen LogP contribution in [0.1, 0.15) is 27.0 Å². The van der Waals surface area contributed by atoms with Gasteiger partial charge in [0.25, 0.3) is 5.91 Å². The summed E-state index contributed by atoms with van der Waals surface area (Å²) in [6, 6.07) is 0. The van der Waals surface area contributed by atoms with Crippen LogP contribution in [0.15, 0.2) is 12.7 Å². The SMILES string of the molecule is CCNC(=O)[C@H]1O[C@@H](n2cnc3c(N)ncnc32)[C@H](OC(C)=O)[C@@H]1OC(C)=O. The topological polar surface area (TPSA) is 161 Å². The molecule has 2 aromatic rings. The van der Waals surface area contributed by atoms with Crippen LogP contribution in [0.4, 0.5) is 5.82 Å². The molecule has 0 aliphatic carbocycles. The zero-order valence-corrected chi connectivity index (χ0v) is 15.5. The van der Waals surface area contributed by atoms with Crippen molar-refractivity contribution in [2.45, 2.75) is 45.3 Å². The monoisotopic (exact) mass is 392 g/mol.